The minimum absolute atomic E-state index is 0.0162. The molecule has 6 nitrogen and oxygen atoms in total. The van der Waals surface area contributed by atoms with Crippen LogP contribution in [0.25, 0.3) is 0 Å². The van der Waals surface area contributed by atoms with Gasteiger partial charge in [0.15, 0.2) is 0 Å². The second kappa shape index (κ2) is 9.05. The molecule has 0 aliphatic carbocycles. The lowest BCUT2D eigenvalue weighted by molar-refractivity contribution is -0.138. The lowest BCUT2D eigenvalue weighted by atomic mass is 9.98. The number of amides is 2. The van der Waals surface area contributed by atoms with E-state index in [1.165, 1.54) is 11.8 Å². The van der Waals surface area contributed by atoms with Crippen molar-refractivity contribution in [3.63, 3.8) is 0 Å². The van der Waals surface area contributed by atoms with Crippen molar-refractivity contribution >= 4 is 17.8 Å². The molecule has 0 aromatic heterocycles. The summed E-state index contributed by atoms with van der Waals surface area (Å²) in [6.45, 7) is 5.42. The molecule has 0 heterocycles. The van der Waals surface area contributed by atoms with Crippen molar-refractivity contribution in [2.24, 2.45) is 0 Å². The molecule has 0 aliphatic rings. The SMILES string of the molecule is CC(=O)N(CCc1ccccc1)CC(=O)NC(C)(C)CCC(=O)O. The number of carbonyl (C=O) groups is 3. The van der Waals surface area contributed by atoms with E-state index in [0.717, 1.165) is 5.56 Å². The lowest BCUT2D eigenvalue weighted by Crippen LogP contribution is -2.49. The number of carboxylic acid groups (broad SMARTS) is 1. The van der Waals surface area contributed by atoms with Crippen LogP contribution in [-0.2, 0) is 20.8 Å². The highest BCUT2D eigenvalue weighted by Gasteiger charge is 2.23. The van der Waals surface area contributed by atoms with Crippen LogP contribution in [0.15, 0.2) is 30.3 Å². The van der Waals surface area contributed by atoms with Gasteiger partial charge in [0.2, 0.25) is 11.8 Å². The van der Waals surface area contributed by atoms with Crippen LogP contribution in [0.5, 0.6) is 0 Å². The normalized spacial score (nSPS) is 11.0. The zero-order valence-electron chi connectivity index (χ0n) is 14.5. The highest BCUT2D eigenvalue weighted by Crippen LogP contribution is 2.11. The van der Waals surface area contributed by atoms with E-state index in [0.29, 0.717) is 19.4 Å². The molecule has 0 unspecified atom stereocenters. The third-order valence-corrected chi connectivity index (χ3v) is 3.73. The number of benzene rings is 1. The molecule has 6 heteroatoms. The molecule has 0 bridgehead atoms. The average Bonchev–Trinajstić information content (AvgIpc) is 2.50. The Labute approximate surface area is 142 Å². The number of nitrogens with one attached hydrogen (secondary N) is 1. The van der Waals surface area contributed by atoms with Crippen LogP contribution >= 0.6 is 0 Å². The van der Waals surface area contributed by atoms with Gasteiger partial charge in [-0.1, -0.05) is 30.3 Å². The highest BCUT2D eigenvalue weighted by atomic mass is 16.4. The zero-order chi connectivity index (χ0) is 18.2. The van der Waals surface area contributed by atoms with Crippen LogP contribution < -0.4 is 5.32 Å². The fourth-order valence-electron chi connectivity index (χ4n) is 2.33. The fourth-order valence-corrected chi connectivity index (χ4v) is 2.33. The molecule has 24 heavy (non-hydrogen) atoms. The van der Waals surface area contributed by atoms with Crippen molar-refractivity contribution in [1.82, 2.24) is 10.2 Å². The standard InChI is InChI=1S/C18H26N2O4/c1-14(21)20(12-10-15-7-5-4-6-8-15)13-16(22)19-18(2,3)11-9-17(23)24/h4-8H,9-13H2,1-3H3,(H,19,22)(H,23,24). The van der Waals surface area contributed by atoms with Crippen LogP contribution in [0.1, 0.15) is 39.2 Å². The Bertz CT molecular complexity index is 570. The first-order valence-electron chi connectivity index (χ1n) is 8.02. The minimum atomic E-state index is -0.898. The Kier molecular flexibility index (Phi) is 7.42. The summed E-state index contributed by atoms with van der Waals surface area (Å²) in [4.78, 5) is 36.1. The molecule has 2 N–H and O–H groups in total. The minimum Gasteiger partial charge on any atom is -0.481 e. The number of carboxylic acids is 1. The maximum absolute atomic E-state index is 12.2. The third kappa shape index (κ3) is 7.76. The van der Waals surface area contributed by atoms with Gasteiger partial charge in [-0.05, 0) is 32.3 Å². The smallest absolute Gasteiger partial charge is 0.303 e. The molecule has 0 saturated carbocycles. The zero-order valence-corrected chi connectivity index (χ0v) is 14.5. The molecule has 2 amide bonds. The second-order valence-corrected chi connectivity index (χ2v) is 6.50. The highest BCUT2D eigenvalue weighted by molar-refractivity contribution is 5.84. The predicted molar refractivity (Wildman–Crippen MR) is 91.5 cm³/mol. The monoisotopic (exact) mass is 334 g/mol. The van der Waals surface area contributed by atoms with Crippen molar-refractivity contribution in [2.45, 2.75) is 45.6 Å². The molecule has 0 fully saturated rings. The van der Waals surface area contributed by atoms with Crippen molar-refractivity contribution in [3.8, 4) is 0 Å². The van der Waals surface area contributed by atoms with Crippen LogP contribution in [-0.4, -0.2) is 46.4 Å². The number of nitrogens with zero attached hydrogens (tertiary/aromatic N) is 1. The van der Waals surface area contributed by atoms with Gasteiger partial charge >= 0.3 is 5.97 Å². The molecule has 132 valence electrons. The van der Waals surface area contributed by atoms with Gasteiger partial charge in [-0.3, -0.25) is 14.4 Å². The van der Waals surface area contributed by atoms with E-state index in [2.05, 4.69) is 5.32 Å². The van der Waals surface area contributed by atoms with E-state index in [1.807, 2.05) is 30.3 Å². The molecular weight excluding hydrogens is 308 g/mol. The van der Waals surface area contributed by atoms with E-state index in [9.17, 15) is 14.4 Å². The average molecular weight is 334 g/mol. The number of hydrogen-bond donors (Lipinski definition) is 2. The number of rotatable bonds is 9. The molecule has 0 saturated heterocycles. The lowest BCUT2D eigenvalue weighted by Gasteiger charge is -2.28. The third-order valence-electron chi connectivity index (χ3n) is 3.73. The fraction of sp³-hybridized carbons (Fsp3) is 0.500. The molecule has 0 spiro atoms. The summed E-state index contributed by atoms with van der Waals surface area (Å²) in [7, 11) is 0. The molecule has 0 atom stereocenters. The predicted octanol–water partition coefficient (Wildman–Crippen LogP) is 1.84. The summed E-state index contributed by atoms with van der Waals surface area (Å²) < 4.78 is 0. The van der Waals surface area contributed by atoms with Gasteiger partial charge in [0, 0.05) is 25.4 Å². The first kappa shape index (κ1) is 19.7. The Balaban J connectivity index is 2.53. The Hall–Kier alpha value is -2.37. The molecule has 1 rings (SSSR count). The Morgan fingerprint density at radius 3 is 2.33 bits per heavy atom. The van der Waals surface area contributed by atoms with Gasteiger partial charge < -0.3 is 15.3 Å². The van der Waals surface area contributed by atoms with E-state index in [1.54, 1.807) is 13.8 Å². The second-order valence-electron chi connectivity index (χ2n) is 6.50. The summed E-state index contributed by atoms with van der Waals surface area (Å²) >= 11 is 0. The quantitative estimate of drug-likeness (QED) is 0.721. The van der Waals surface area contributed by atoms with E-state index in [4.69, 9.17) is 5.11 Å². The van der Waals surface area contributed by atoms with Gasteiger partial charge in [-0.15, -0.1) is 0 Å². The summed E-state index contributed by atoms with van der Waals surface area (Å²) in [5.41, 5.74) is 0.475. The number of hydrogen-bond acceptors (Lipinski definition) is 3. The molecule has 0 radical (unpaired) electrons. The van der Waals surface area contributed by atoms with E-state index >= 15 is 0 Å². The Morgan fingerprint density at radius 1 is 1.17 bits per heavy atom. The number of aliphatic carboxylic acids is 1. The summed E-state index contributed by atoms with van der Waals surface area (Å²) in [6.07, 6.45) is 0.992. The van der Waals surface area contributed by atoms with Crippen LogP contribution in [0.3, 0.4) is 0 Å². The van der Waals surface area contributed by atoms with Crippen LogP contribution in [0.4, 0.5) is 0 Å². The van der Waals surface area contributed by atoms with Crippen LogP contribution in [0, 0.1) is 0 Å². The first-order valence-corrected chi connectivity index (χ1v) is 8.02. The van der Waals surface area contributed by atoms with Crippen molar-refractivity contribution in [3.05, 3.63) is 35.9 Å². The molecular formula is C18H26N2O4. The molecule has 0 aliphatic heterocycles. The van der Waals surface area contributed by atoms with Crippen molar-refractivity contribution in [2.75, 3.05) is 13.1 Å². The summed E-state index contributed by atoms with van der Waals surface area (Å²) in [6, 6.07) is 9.76. The van der Waals surface area contributed by atoms with Gasteiger partial charge in [-0.25, -0.2) is 0 Å². The van der Waals surface area contributed by atoms with E-state index in [-0.39, 0.29) is 24.8 Å². The number of carbonyl (C=O) groups excluding carboxylic acids is 2. The maximum atomic E-state index is 12.2. The van der Waals surface area contributed by atoms with Gasteiger partial charge in [0.05, 0.1) is 6.54 Å². The van der Waals surface area contributed by atoms with Gasteiger partial charge in [0.1, 0.15) is 0 Å². The summed E-state index contributed by atoms with van der Waals surface area (Å²) in [5.74, 6) is -1.34. The van der Waals surface area contributed by atoms with E-state index < -0.39 is 11.5 Å². The topological polar surface area (TPSA) is 86.7 Å². The maximum Gasteiger partial charge on any atom is 0.303 e. The summed E-state index contributed by atoms with van der Waals surface area (Å²) in [5, 5.41) is 11.5. The van der Waals surface area contributed by atoms with Crippen molar-refractivity contribution in [1.29, 1.82) is 0 Å². The van der Waals surface area contributed by atoms with Gasteiger partial charge in [0.25, 0.3) is 0 Å². The van der Waals surface area contributed by atoms with Gasteiger partial charge in [-0.2, -0.15) is 0 Å². The largest absolute Gasteiger partial charge is 0.481 e. The first-order chi connectivity index (χ1) is 11.2. The van der Waals surface area contributed by atoms with Crippen LogP contribution in [0.2, 0.25) is 0 Å². The Morgan fingerprint density at radius 2 is 1.79 bits per heavy atom. The van der Waals surface area contributed by atoms with Crippen molar-refractivity contribution < 1.29 is 19.5 Å². The molecule has 1 aromatic carbocycles. The molecule has 1 aromatic rings.